The molecule has 0 atom stereocenters. The van der Waals surface area contributed by atoms with Gasteiger partial charge in [0.05, 0.1) is 27.6 Å². The summed E-state index contributed by atoms with van der Waals surface area (Å²) < 4.78 is 6.97. The number of rotatable bonds is 7. The van der Waals surface area contributed by atoms with E-state index < -0.39 is 0 Å². The van der Waals surface area contributed by atoms with Gasteiger partial charge in [-0.1, -0.05) is 127 Å². The fourth-order valence-electron chi connectivity index (χ4n) is 9.06. The predicted octanol–water partition coefficient (Wildman–Crippen LogP) is 13.5. The zero-order valence-electron chi connectivity index (χ0n) is 33.2. The molecule has 1 N–H and O–H groups in total. The molecule has 286 valence electrons. The molecule has 0 saturated carbocycles. The molecule has 0 unspecified atom stereocenters. The number of aromatic amines is 1. The molecule has 0 radical (unpaired) electrons. The minimum absolute atomic E-state index is 0.934. The molecule has 5 nitrogen and oxygen atoms in total. The second-order valence-electron chi connectivity index (χ2n) is 15.5. The third-order valence-corrected chi connectivity index (χ3v) is 12.0. The van der Waals surface area contributed by atoms with Gasteiger partial charge in [0.25, 0.3) is 5.82 Å². The molecule has 0 aliphatic carbocycles. The number of nitrogens with one attached hydrogen (secondary N) is 1. The van der Waals surface area contributed by atoms with Crippen LogP contribution in [0.1, 0.15) is 0 Å². The maximum atomic E-state index is 5.06. The van der Waals surface area contributed by atoms with Gasteiger partial charge in [-0.2, -0.15) is 4.57 Å². The first-order valence-electron chi connectivity index (χ1n) is 20.7. The van der Waals surface area contributed by atoms with Crippen LogP contribution in [0.5, 0.6) is 0 Å². The summed E-state index contributed by atoms with van der Waals surface area (Å²) in [5.41, 5.74) is 16.9. The van der Waals surface area contributed by atoms with Crippen molar-refractivity contribution in [3.8, 4) is 62.1 Å². The van der Waals surface area contributed by atoms with Gasteiger partial charge in [-0.15, -0.1) is 0 Å². The summed E-state index contributed by atoms with van der Waals surface area (Å²) in [7, 11) is 0. The summed E-state index contributed by atoms with van der Waals surface area (Å²) in [6.07, 6.45) is 0. The Morgan fingerprint density at radius 2 is 0.902 bits per heavy atom. The van der Waals surface area contributed by atoms with Crippen LogP contribution in [0.2, 0.25) is 0 Å². The van der Waals surface area contributed by atoms with E-state index in [9.17, 15) is 0 Å². The van der Waals surface area contributed by atoms with E-state index in [1.807, 2.05) is 12.1 Å². The smallest absolute Gasteiger partial charge is 0.292 e. The minimum atomic E-state index is 0.934. The van der Waals surface area contributed by atoms with Crippen molar-refractivity contribution in [2.45, 2.75) is 0 Å². The van der Waals surface area contributed by atoms with Crippen molar-refractivity contribution < 1.29 is 4.57 Å². The van der Waals surface area contributed by atoms with Crippen LogP contribution >= 0.6 is 0 Å². The molecule has 0 bridgehead atoms. The summed E-state index contributed by atoms with van der Waals surface area (Å²) in [5, 5.41) is 2.43. The Kier molecular flexibility index (Phi) is 8.10. The molecular weight excluding hydrogens is 743 g/mol. The van der Waals surface area contributed by atoms with E-state index in [-0.39, 0.29) is 0 Å². The maximum Gasteiger partial charge on any atom is 0.292 e. The lowest BCUT2D eigenvalue weighted by atomic mass is 10.00. The summed E-state index contributed by atoms with van der Waals surface area (Å²) in [6.45, 7) is 0. The molecule has 0 amide bonds. The zero-order valence-corrected chi connectivity index (χ0v) is 33.2. The molecule has 5 heteroatoms. The van der Waals surface area contributed by atoms with E-state index >= 15 is 0 Å². The van der Waals surface area contributed by atoms with Gasteiger partial charge in [0.2, 0.25) is 0 Å². The Morgan fingerprint density at radius 1 is 0.377 bits per heavy atom. The van der Waals surface area contributed by atoms with Crippen molar-refractivity contribution in [1.82, 2.24) is 19.1 Å². The van der Waals surface area contributed by atoms with Crippen LogP contribution in [-0.4, -0.2) is 19.1 Å². The third-order valence-electron chi connectivity index (χ3n) is 12.0. The quantitative estimate of drug-likeness (QED) is 0.161. The minimum Gasteiger partial charge on any atom is -0.309 e. The van der Waals surface area contributed by atoms with Crippen LogP contribution in [0, 0.1) is 0 Å². The molecule has 0 fully saturated rings. The van der Waals surface area contributed by atoms with Gasteiger partial charge < -0.3 is 4.57 Å². The fraction of sp³-hybridized carbons (Fsp3) is 0. The summed E-state index contributed by atoms with van der Waals surface area (Å²) in [4.78, 5) is 8.73. The van der Waals surface area contributed by atoms with Crippen LogP contribution in [0.15, 0.2) is 224 Å². The Labute approximate surface area is 352 Å². The second kappa shape index (κ2) is 14.2. The Bertz CT molecular complexity index is 3320. The number of para-hydroxylation sites is 5. The van der Waals surface area contributed by atoms with Gasteiger partial charge in [0.15, 0.2) is 11.0 Å². The van der Waals surface area contributed by atoms with Crippen LogP contribution in [0.3, 0.4) is 0 Å². The van der Waals surface area contributed by atoms with Gasteiger partial charge in [-0.25, -0.2) is 9.97 Å². The van der Waals surface area contributed by atoms with Gasteiger partial charge in [0.1, 0.15) is 11.5 Å². The number of hydrogen-bond donors (Lipinski definition) is 1. The Balaban J connectivity index is 0.955. The van der Waals surface area contributed by atoms with E-state index in [1.165, 1.54) is 38.5 Å². The third kappa shape index (κ3) is 5.86. The van der Waals surface area contributed by atoms with Crippen LogP contribution < -0.4 is 4.57 Å². The number of fused-ring (bicyclic) bond motifs is 5. The highest BCUT2D eigenvalue weighted by atomic mass is 15.1. The molecular formula is C56H38N5+. The monoisotopic (exact) mass is 780 g/mol. The molecule has 0 spiro atoms. The first kappa shape index (κ1) is 34.7. The average molecular weight is 781 g/mol. The highest BCUT2D eigenvalue weighted by molar-refractivity contribution is 6.11. The molecule has 61 heavy (non-hydrogen) atoms. The number of hydrogen-bond acceptors (Lipinski definition) is 1. The number of imidazole rings is 2. The number of H-pyrrole nitrogens is 1. The zero-order chi connectivity index (χ0) is 40.3. The van der Waals surface area contributed by atoms with E-state index in [0.717, 1.165) is 67.5 Å². The Hall–Kier alpha value is -8.28. The molecule has 0 saturated heterocycles. The number of benzene rings is 9. The van der Waals surface area contributed by atoms with Crippen molar-refractivity contribution in [3.05, 3.63) is 224 Å². The topological polar surface area (TPSA) is 42.4 Å². The van der Waals surface area contributed by atoms with Crippen molar-refractivity contribution >= 4 is 43.9 Å². The van der Waals surface area contributed by atoms with Crippen molar-refractivity contribution in [2.24, 2.45) is 0 Å². The fourth-order valence-corrected chi connectivity index (χ4v) is 9.06. The lowest BCUT2D eigenvalue weighted by Gasteiger charge is -2.11. The van der Waals surface area contributed by atoms with E-state index in [1.54, 1.807) is 0 Å². The van der Waals surface area contributed by atoms with Gasteiger partial charge in [-0.05, 0) is 119 Å². The predicted molar refractivity (Wildman–Crippen MR) is 251 cm³/mol. The van der Waals surface area contributed by atoms with Gasteiger partial charge >= 0.3 is 0 Å². The SMILES string of the molecule is c1ccc(-c2nc3ccccc3n2-c2ccc(-c3ccc4c(c3)c3cc(-c5ccc(-[n+]6c(-c7ccccc7)[nH]c7ccccc76)cc5)ccc3n4-c3ccccc3)cc2)cc1. The molecule has 3 aromatic heterocycles. The Morgan fingerprint density at radius 3 is 1.57 bits per heavy atom. The van der Waals surface area contributed by atoms with Crippen molar-refractivity contribution in [2.75, 3.05) is 0 Å². The maximum absolute atomic E-state index is 5.06. The molecule has 3 heterocycles. The average Bonchev–Trinajstić information content (AvgIpc) is 4.02. The van der Waals surface area contributed by atoms with Crippen LogP contribution in [0.4, 0.5) is 0 Å². The highest BCUT2D eigenvalue weighted by Gasteiger charge is 2.22. The largest absolute Gasteiger partial charge is 0.309 e. The normalized spacial score (nSPS) is 11.6. The van der Waals surface area contributed by atoms with Crippen LogP contribution in [-0.2, 0) is 0 Å². The second-order valence-corrected chi connectivity index (χ2v) is 15.5. The summed E-state index contributed by atoms with van der Waals surface area (Å²) in [6, 6.07) is 80.1. The number of aromatic nitrogens is 5. The number of nitrogens with zero attached hydrogens (tertiary/aromatic N) is 4. The molecule has 0 aliphatic rings. The highest BCUT2D eigenvalue weighted by Crippen LogP contribution is 2.38. The van der Waals surface area contributed by atoms with E-state index in [0.29, 0.717) is 0 Å². The van der Waals surface area contributed by atoms with E-state index in [2.05, 4.69) is 231 Å². The lowest BCUT2D eigenvalue weighted by molar-refractivity contribution is -0.554. The summed E-state index contributed by atoms with van der Waals surface area (Å²) in [5.74, 6) is 1.99. The van der Waals surface area contributed by atoms with Crippen LogP contribution in [0.25, 0.3) is 106 Å². The molecule has 12 rings (SSSR count). The first-order chi connectivity index (χ1) is 30.2. The van der Waals surface area contributed by atoms with E-state index in [4.69, 9.17) is 4.98 Å². The molecule has 0 aliphatic heterocycles. The lowest BCUT2D eigenvalue weighted by Crippen LogP contribution is -2.31. The van der Waals surface area contributed by atoms with Gasteiger partial charge in [0, 0.05) is 27.7 Å². The summed E-state index contributed by atoms with van der Waals surface area (Å²) >= 11 is 0. The standard InChI is InChI=1S/C56H37N5/c1-4-14-40(15-5-1)55-57-49-20-10-12-22-53(49)60(55)45-30-24-38(25-31-45)42-28-34-51-47(36-42)48-37-43(29-35-52(48)59(51)44-18-8-3-9-19-44)39-26-32-46(33-27-39)61-54-23-13-11-21-50(54)58-56(61)41-16-6-2-7-17-41/h1-37H/p+1. The first-order valence-corrected chi connectivity index (χ1v) is 20.7. The van der Waals surface area contributed by atoms with Crippen molar-refractivity contribution in [1.29, 1.82) is 0 Å². The van der Waals surface area contributed by atoms with Crippen molar-refractivity contribution in [3.63, 3.8) is 0 Å². The van der Waals surface area contributed by atoms with Gasteiger partial charge in [-0.3, -0.25) is 4.57 Å². The molecule has 12 aromatic rings. The molecule has 9 aromatic carbocycles.